The lowest BCUT2D eigenvalue weighted by Gasteiger charge is -2.19. The predicted molar refractivity (Wildman–Crippen MR) is 73.9 cm³/mol. The molecule has 1 aromatic carbocycles. The summed E-state index contributed by atoms with van der Waals surface area (Å²) >= 11 is 0. The lowest BCUT2D eigenvalue weighted by atomic mass is 9.95. The summed E-state index contributed by atoms with van der Waals surface area (Å²) < 4.78 is 0. The second-order valence-corrected chi connectivity index (χ2v) is 5.43. The predicted octanol–water partition coefficient (Wildman–Crippen LogP) is -0.676. The van der Waals surface area contributed by atoms with Crippen molar-refractivity contribution in [2.24, 2.45) is 5.73 Å². The number of nitrogens with two attached hydrogens (primary N) is 1. The van der Waals surface area contributed by atoms with Crippen molar-refractivity contribution in [3.63, 3.8) is 0 Å². The summed E-state index contributed by atoms with van der Waals surface area (Å²) in [5.41, 5.74) is 5.07. The largest absolute Gasteiger partial charge is 0.368 e. The molecule has 7 heteroatoms. The number of urea groups is 1. The first-order valence-corrected chi connectivity index (χ1v) is 6.72. The van der Waals surface area contributed by atoms with E-state index in [9.17, 15) is 14.4 Å². The molecular weight excluding hydrogens is 272 g/mol. The second-order valence-electron chi connectivity index (χ2n) is 5.43. The van der Waals surface area contributed by atoms with Gasteiger partial charge in [-0.25, -0.2) is 4.79 Å². The highest BCUT2D eigenvalue weighted by Gasteiger charge is 2.55. The van der Waals surface area contributed by atoms with Crippen LogP contribution >= 0.6 is 0 Å². The first kappa shape index (κ1) is 13.6. The van der Waals surface area contributed by atoms with Crippen LogP contribution in [0.1, 0.15) is 12.0 Å². The van der Waals surface area contributed by atoms with E-state index in [-0.39, 0.29) is 25.4 Å². The molecule has 7 nitrogen and oxygen atoms in total. The molecule has 0 bridgehead atoms. The van der Waals surface area contributed by atoms with Crippen molar-refractivity contribution in [1.82, 2.24) is 15.5 Å². The molecule has 0 aromatic heterocycles. The summed E-state index contributed by atoms with van der Waals surface area (Å²) in [6.07, 6.45) is 0.193. The Balaban J connectivity index is 1.78. The van der Waals surface area contributed by atoms with Gasteiger partial charge in [-0.1, -0.05) is 30.3 Å². The highest BCUT2D eigenvalue weighted by molar-refractivity contribution is 6.08. The van der Waals surface area contributed by atoms with Gasteiger partial charge in [0.1, 0.15) is 5.54 Å². The summed E-state index contributed by atoms with van der Waals surface area (Å²) in [5.74, 6) is -0.831. The Labute approximate surface area is 121 Å². The van der Waals surface area contributed by atoms with Crippen molar-refractivity contribution in [2.45, 2.75) is 24.5 Å². The molecule has 2 heterocycles. The van der Waals surface area contributed by atoms with Gasteiger partial charge in [-0.2, -0.15) is 0 Å². The molecule has 110 valence electrons. The second kappa shape index (κ2) is 4.85. The Bertz CT molecular complexity index is 603. The molecule has 0 aliphatic carbocycles. The van der Waals surface area contributed by atoms with Crippen LogP contribution in [0.4, 0.5) is 4.79 Å². The van der Waals surface area contributed by atoms with Crippen LogP contribution in [0.2, 0.25) is 0 Å². The number of benzene rings is 1. The van der Waals surface area contributed by atoms with E-state index in [4.69, 9.17) is 5.73 Å². The van der Waals surface area contributed by atoms with Gasteiger partial charge in [0.15, 0.2) is 0 Å². The van der Waals surface area contributed by atoms with Crippen molar-refractivity contribution in [3.8, 4) is 0 Å². The van der Waals surface area contributed by atoms with Crippen molar-refractivity contribution in [3.05, 3.63) is 35.9 Å². The molecule has 2 aliphatic heterocycles. The van der Waals surface area contributed by atoms with Crippen molar-refractivity contribution < 1.29 is 14.4 Å². The minimum Gasteiger partial charge on any atom is -0.368 e. The summed E-state index contributed by atoms with van der Waals surface area (Å²) in [7, 11) is 0. The van der Waals surface area contributed by atoms with Gasteiger partial charge in [0.05, 0.1) is 12.6 Å². The van der Waals surface area contributed by atoms with Gasteiger partial charge in [0.25, 0.3) is 5.91 Å². The van der Waals surface area contributed by atoms with E-state index in [1.807, 2.05) is 30.3 Å². The van der Waals surface area contributed by atoms with Crippen molar-refractivity contribution >= 4 is 17.8 Å². The quantitative estimate of drug-likeness (QED) is 0.641. The SMILES string of the molecule is NC(=O)[C@@H]1C[C@@]2(CN1)NC(=O)N(Cc1ccccc1)C2=O. The fraction of sp³-hybridized carbons (Fsp3) is 0.357. The molecule has 2 aliphatic rings. The number of hydrogen-bond donors (Lipinski definition) is 3. The molecule has 4 amide bonds. The molecular formula is C14H16N4O3. The first-order chi connectivity index (χ1) is 10.0. The molecule has 2 atom stereocenters. The molecule has 1 aromatic rings. The number of carbonyl (C=O) groups is 3. The number of carbonyl (C=O) groups excluding carboxylic acids is 3. The zero-order chi connectivity index (χ0) is 15.0. The lowest BCUT2D eigenvalue weighted by Crippen LogP contribution is -2.48. The Morgan fingerprint density at radius 3 is 2.67 bits per heavy atom. The van der Waals surface area contributed by atoms with Gasteiger partial charge < -0.3 is 16.4 Å². The summed E-state index contributed by atoms with van der Waals surface area (Å²) in [5, 5.41) is 5.59. The Morgan fingerprint density at radius 1 is 1.33 bits per heavy atom. The molecule has 2 saturated heterocycles. The topological polar surface area (TPSA) is 105 Å². The van der Waals surface area contributed by atoms with Gasteiger partial charge in [0, 0.05) is 13.0 Å². The van der Waals surface area contributed by atoms with Crippen LogP contribution in [0, 0.1) is 0 Å². The minimum absolute atomic E-state index is 0.193. The van der Waals surface area contributed by atoms with Crippen molar-refractivity contribution in [2.75, 3.05) is 6.54 Å². The fourth-order valence-corrected chi connectivity index (χ4v) is 2.84. The smallest absolute Gasteiger partial charge is 0.325 e. The van der Waals surface area contributed by atoms with E-state index in [1.165, 1.54) is 4.90 Å². The van der Waals surface area contributed by atoms with Crippen LogP contribution in [0.3, 0.4) is 0 Å². The average molecular weight is 288 g/mol. The number of nitrogens with one attached hydrogen (secondary N) is 2. The first-order valence-electron chi connectivity index (χ1n) is 6.72. The maximum absolute atomic E-state index is 12.6. The molecule has 1 spiro atoms. The van der Waals surface area contributed by atoms with Gasteiger partial charge in [-0.05, 0) is 5.56 Å². The van der Waals surface area contributed by atoms with Crippen LogP contribution < -0.4 is 16.4 Å². The van der Waals surface area contributed by atoms with Gasteiger partial charge in [-0.3, -0.25) is 14.5 Å². The number of amides is 4. The third-order valence-corrected chi connectivity index (χ3v) is 3.98. The van der Waals surface area contributed by atoms with Gasteiger partial charge in [-0.15, -0.1) is 0 Å². The van der Waals surface area contributed by atoms with Crippen LogP contribution in [-0.2, 0) is 16.1 Å². The monoisotopic (exact) mass is 288 g/mol. The van der Waals surface area contributed by atoms with Crippen molar-refractivity contribution in [1.29, 1.82) is 0 Å². The van der Waals surface area contributed by atoms with Crippen LogP contribution in [0.5, 0.6) is 0 Å². The van der Waals surface area contributed by atoms with E-state index in [1.54, 1.807) is 0 Å². The van der Waals surface area contributed by atoms with Gasteiger partial charge >= 0.3 is 6.03 Å². The van der Waals surface area contributed by atoms with Crippen LogP contribution in [-0.4, -0.2) is 40.9 Å². The molecule has 2 fully saturated rings. The zero-order valence-corrected chi connectivity index (χ0v) is 11.3. The van der Waals surface area contributed by atoms with E-state index >= 15 is 0 Å². The normalized spacial score (nSPS) is 28.2. The molecule has 0 unspecified atom stereocenters. The summed E-state index contributed by atoms with van der Waals surface area (Å²) in [4.78, 5) is 37.0. The third-order valence-electron chi connectivity index (χ3n) is 3.98. The lowest BCUT2D eigenvalue weighted by molar-refractivity contribution is -0.131. The summed E-state index contributed by atoms with van der Waals surface area (Å²) in [6.45, 7) is 0.435. The number of nitrogens with zero attached hydrogens (tertiary/aromatic N) is 1. The standard InChI is InChI=1S/C14H16N4O3/c15-11(19)10-6-14(8-16-10)12(20)18(13(21)17-14)7-9-4-2-1-3-5-9/h1-5,10,16H,6-8H2,(H2,15,19)(H,17,21)/t10-,14-/m0/s1. The highest BCUT2D eigenvalue weighted by Crippen LogP contribution is 2.28. The Hall–Kier alpha value is -2.41. The molecule has 0 radical (unpaired) electrons. The van der Waals surface area contributed by atoms with E-state index in [0.717, 1.165) is 5.56 Å². The number of rotatable bonds is 3. The van der Waals surface area contributed by atoms with Crippen LogP contribution in [0.15, 0.2) is 30.3 Å². The Kier molecular flexibility index (Phi) is 3.13. The highest BCUT2D eigenvalue weighted by atomic mass is 16.2. The Morgan fingerprint density at radius 2 is 2.05 bits per heavy atom. The van der Waals surface area contributed by atoms with E-state index in [0.29, 0.717) is 0 Å². The fourth-order valence-electron chi connectivity index (χ4n) is 2.84. The number of primary amides is 1. The van der Waals surface area contributed by atoms with Gasteiger partial charge in [0.2, 0.25) is 5.91 Å². The minimum atomic E-state index is -1.05. The number of hydrogen-bond acceptors (Lipinski definition) is 4. The molecule has 4 N–H and O–H groups in total. The summed E-state index contributed by atoms with van der Waals surface area (Å²) in [6, 6.07) is 8.25. The van der Waals surface area contributed by atoms with E-state index < -0.39 is 23.5 Å². The van der Waals surface area contributed by atoms with E-state index in [2.05, 4.69) is 10.6 Å². The third kappa shape index (κ3) is 2.25. The molecule has 0 saturated carbocycles. The van der Waals surface area contributed by atoms with Crippen LogP contribution in [0.25, 0.3) is 0 Å². The number of imide groups is 1. The maximum Gasteiger partial charge on any atom is 0.325 e. The maximum atomic E-state index is 12.6. The average Bonchev–Trinajstić information content (AvgIpc) is 2.99. The molecule has 21 heavy (non-hydrogen) atoms. The zero-order valence-electron chi connectivity index (χ0n) is 11.3. The molecule has 3 rings (SSSR count).